The molecule has 2 fully saturated rings. The van der Waals surface area contributed by atoms with Crippen molar-refractivity contribution in [1.82, 2.24) is 10.2 Å². The molecular weight excluding hydrogens is 376 g/mol. The average molecular weight is 403 g/mol. The van der Waals surface area contributed by atoms with Crippen molar-refractivity contribution >= 4 is 17.5 Å². The lowest BCUT2D eigenvalue weighted by Crippen LogP contribution is -2.44. The van der Waals surface area contributed by atoms with Gasteiger partial charge in [0.05, 0.1) is 18.2 Å². The molecule has 2 aromatic rings. The molecule has 0 aliphatic carbocycles. The van der Waals surface area contributed by atoms with E-state index in [1.165, 1.54) is 0 Å². The predicted octanol–water partition coefficient (Wildman–Crippen LogP) is 4.25. The van der Waals surface area contributed by atoms with Crippen LogP contribution in [-0.2, 0) is 16.1 Å². The van der Waals surface area contributed by atoms with Crippen molar-refractivity contribution in [2.24, 2.45) is 0 Å². The summed E-state index contributed by atoms with van der Waals surface area (Å²) < 4.78 is 12.4. The summed E-state index contributed by atoms with van der Waals surface area (Å²) in [4.78, 5) is 13.5. The number of hydrogen-bond acceptors (Lipinski definition) is 4. The van der Waals surface area contributed by atoms with Gasteiger partial charge in [-0.05, 0) is 49.9 Å². The molecule has 3 heterocycles. The smallest absolute Gasteiger partial charge is 0.216 e. The summed E-state index contributed by atoms with van der Waals surface area (Å²) in [6.07, 6.45) is 4.34. The Morgan fingerprint density at radius 2 is 2.07 bits per heavy atom. The normalized spacial score (nSPS) is 21.9. The van der Waals surface area contributed by atoms with Gasteiger partial charge in [0.15, 0.2) is 0 Å². The van der Waals surface area contributed by atoms with Gasteiger partial charge in [-0.25, -0.2) is 0 Å². The van der Waals surface area contributed by atoms with Crippen LogP contribution in [0, 0.1) is 0 Å². The number of nitrogens with zero attached hydrogens (tertiary/aromatic N) is 1. The number of halogens is 1. The summed E-state index contributed by atoms with van der Waals surface area (Å²) in [5.74, 6) is 1.84. The first-order valence-electron chi connectivity index (χ1n) is 10.0. The number of likely N-dealkylation sites (tertiary alicyclic amines) is 1. The third-order valence-corrected chi connectivity index (χ3v) is 6.07. The van der Waals surface area contributed by atoms with Gasteiger partial charge in [0.1, 0.15) is 11.5 Å². The summed E-state index contributed by atoms with van der Waals surface area (Å²) in [7, 11) is 0. The topological polar surface area (TPSA) is 54.7 Å². The van der Waals surface area contributed by atoms with Gasteiger partial charge in [0, 0.05) is 37.1 Å². The zero-order chi connectivity index (χ0) is 19.6. The van der Waals surface area contributed by atoms with Crippen LogP contribution in [0.15, 0.2) is 40.8 Å². The Morgan fingerprint density at radius 3 is 2.82 bits per heavy atom. The Labute approximate surface area is 171 Å². The number of ether oxygens (including phenoxy) is 1. The minimum Gasteiger partial charge on any atom is -0.460 e. The predicted molar refractivity (Wildman–Crippen MR) is 109 cm³/mol. The van der Waals surface area contributed by atoms with Gasteiger partial charge in [-0.2, -0.15) is 0 Å². The summed E-state index contributed by atoms with van der Waals surface area (Å²) in [5.41, 5.74) is 0.996. The van der Waals surface area contributed by atoms with Crippen LogP contribution in [0.2, 0.25) is 5.02 Å². The summed E-state index contributed by atoms with van der Waals surface area (Å²) >= 11 is 6.08. The number of carbonyl (C=O) groups excluding carboxylic acids is 1. The number of rotatable bonds is 5. The third-order valence-electron chi connectivity index (χ3n) is 5.83. The fraction of sp³-hybridized carbons (Fsp3) is 0.500. The van der Waals surface area contributed by atoms with Crippen LogP contribution in [0.5, 0.6) is 0 Å². The van der Waals surface area contributed by atoms with E-state index in [1.54, 1.807) is 6.92 Å². The molecule has 6 heteroatoms. The van der Waals surface area contributed by atoms with E-state index in [2.05, 4.69) is 16.3 Å². The molecule has 1 unspecified atom stereocenters. The molecule has 1 spiro atoms. The molecule has 1 aromatic heterocycles. The maximum absolute atomic E-state index is 11.1. The van der Waals surface area contributed by atoms with E-state index in [9.17, 15) is 4.79 Å². The minimum absolute atomic E-state index is 0.00521. The van der Waals surface area contributed by atoms with Gasteiger partial charge in [-0.15, -0.1) is 0 Å². The third kappa shape index (κ3) is 4.59. The Kier molecular flexibility index (Phi) is 5.76. The number of benzene rings is 1. The second-order valence-electron chi connectivity index (χ2n) is 7.95. The summed E-state index contributed by atoms with van der Waals surface area (Å²) in [5, 5.41) is 3.59. The highest BCUT2D eigenvalue weighted by Crippen LogP contribution is 2.39. The van der Waals surface area contributed by atoms with E-state index >= 15 is 0 Å². The molecule has 28 heavy (non-hydrogen) atoms. The molecule has 150 valence electrons. The second-order valence-corrected chi connectivity index (χ2v) is 8.39. The molecule has 2 saturated heterocycles. The molecule has 1 aromatic carbocycles. The van der Waals surface area contributed by atoms with Crippen LogP contribution in [0.3, 0.4) is 0 Å². The van der Waals surface area contributed by atoms with Crippen molar-refractivity contribution in [3.05, 3.63) is 47.2 Å². The van der Waals surface area contributed by atoms with Crippen LogP contribution < -0.4 is 5.32 Å². The molecule has 2 aliphatic rings. The number of hydrogen-bond donors (Lipinski definition) is 1. The van der Waals surface area contributed by atoms with E-state index in [0.717, 1.165) is 62.4 Å². The van der Waals surface area contributed by atoms with Crippen LogP contribution in [0.1, 0.15) is 38.4 Å². The van der Waals surface area contributed by atoms with Crippen LogP contribution >= 0.6 is 11.6 Å². The van der Waals surface area contributed by atoms with E-state index in [-0.39, 0.29) is 17.6 Å². The number of carbonyl (C=O) groups is 1. The Balaban J connectivity index is 1.29. The first kappa shape index (κ1) is 19.5. The number of nitrogens with one attached hydrogen (secondary N) is 1. The molecule has 1 atom stereocenters. The Bertz CT molecular complexity index is 827. The SMILES string of the molecule is CC(=O)NCC1CCC2(CCN(Cc3ccc(-c4cccc(Cl)c4)o3)CC2)O1. The molecule has 1 amide bonds. The van der Waals surface area contributed by atoms with Gasteiger partial charge in [-0.3, -0.25) is 9.69 Å². The highest BCUT2D eigenvalue weighted by Gasteiger charge is 2.42. The van der Waals surface area contributed by atoms with Gasteiger partial charge in [0.2, 0.25) is 5.91 Å². The van der Waals surface area contributed by atoms with E-state index in [0.29, 0.717) is 11.6 Å². The van der Waals surface area contributed by atoms with Gasteiger partial charge < -0.3 is 14.5 Å². The largest absolute Gasteiger partial charge is 0.460 e. The monoisotopic (exact) mass is 402 g/mol. The maximum atomic E-state index is 11.1. The fourth-order valence-corrected chi connectivity index (χ4v) is 4.45. The van der Waals surface area contributed by atoms with Crippen molar-refractivity contribution in [2.45, 2.75) is 50.9 Å². The highest BCUT2D eigenvalue weighted by molar-refractivity contribution is 6.30. The first-order chi connectivity index (χ1) is 13.5. The summed E-state index contributed by atoms with van der Waals surface area (Å²) in [6.45, 7) is 4.99. The van der Waals surface area contributed by atoms with Gasteiger partial charge in [0.25, 0.3) is 0 Å². The lowest BCUT2D eigenvalue weighted by Gasteiger charge is -2.38. The van der Waals surface area contributed by atoms with Crippen LogP contribution in [0.25, 0.3) is 11.3 Å². The maximum Gasteiger partial charge on any atom is 0.216 e. The minimum atomic E-state index is -0.00521. The molecule has 0 radical (unpaired) electrons. The number of amides is 1. The highest BCUT2D eigenvalue weighted by atomic mass is 35.5. The second kappa shape index (κ2) is 8.27. The zero-order valence-corrected chi connectivity index (χ0v) is 17.0. The van der Waals surface area contributed by atoms with E-state index in [4.69, 9.17) is 20.8 Å². The lowest BCUT2D eigenvalue weighted by atomic mass is 9.88. The molecule has 0 bridgehead atoms. The van der Waals surface area contributed by atoms with Crippen LogP contribution in [-0.4, -0.2) is 42.1 Å². The quantitative estimate of drug-likeness (QED) is 0.812. The van der Waals surface area contributed by atoms with Crippen molar-refractivity contribution in [3.63, 3.8) is 0 Å². The standard InChI is InChI=1S/C22H27ClN2O3/c1-16(26)24-14-19-7-8-22(28-19)9-11-25(12-10-22)15-20-5-6-21(27-20)17-3-2-4-18(23)13-17/h2-6,13,19H,7-12,14-15H2,1H3,(H,24,26). The lowest BCUT2D eigenvalue weighted by molar-refractivity contribution is -0.120. The molecule has 2 aliphatic heterocycles. The van der Waals surface area contributed by atoms with E-state index in [1.807, 2.05) is 30.3 Å². The average Bonchev–Trinajstić information content (AvgIpc) is 3.30. The Hall–Kier alpha value is -1.82. The molecule has 1 N–H and O–H groups in total. The molecule has 4 rings (SSSR count). The number of furan rings is 1. The molecular formula is C22H27ClN2O3. The van der Waals surface area contributed by atoms with Crippen LogP contribution in [0.4, 0.5) is 0 Å². The van der Waals surface area contributed by atoms with Crippen molar-refractivity contribution in [2.75, 3.05) is 19.6 Å². The van der Waals surface area contributed by atoms with Crippen molar-refractivity contribution in [1.29, 1.82) is 0 Å². The number of piperidine rings is 1. The fourth-order valence-electron chi connectivity index (χ4n) is 4.26. The van der Waals surface area contributed by atoms with E-state index < -0.39 is 0 Å². The molecule has 5 nitrogen and oxygen atoms in total. The van der Waals surface area contributed by atoms with Gasteiger partial charge >= 0.3 is 0 Å². The summed E-state index contributed by atoms with van der Waals surface area (Å²) in [6, 6.07) is 11.8. The van der Waals surface area contributed by atoms with Gasteiger partial charge in [-0.1, -0.05) is 23.7 Å². The Morgan fingerprint density at radius 1 is 1.25 bits per heavy atom. The van der Waals surface area contributed by atoms with Crippen molar-refractivity contribution < 1.29 is 13.9 Å². The van der Waals surface area contributed by atoms with Crippen molar-refractivity contribution in [3.8, 4) is 11.3 Å². The zero-order valence-electron chi connectivity index (χ0n) is 16.2. The first-order valence-corrected chi connectivity index (χ1v) is 10.4. The molecule has 0 saturated carbocycles.